The van der Waals surface area contributed by atoms with Gasteiger partial charge in [-0.2, -0.15) is 0 Å². The number of nitrogens with two attached hydrogens (primary N) is 1. The summed E-state index contributed by atoms with van der Waals surface area (Å²) >= 11 is 0. The van der Waals surface area contributed by atoms with E-state index in [1.54, 1.807) is 0 Å². The van der Waals surface area contributed by atoms with E-state index < -0.39 is 0 Å². The fourth-order valence-electron chi connectivity index (χ4n) is 3.05. The van der Waals surface area contributed by atoms with Crippen molar-refractivity contribution in [3.63, 3.8) is 0 Å². The molecule has 16 heavy (non-hydrogen) atoms. The van der Waals surface area contributed by atoms with Crippen LogP contribution in [-0.4, -0.2) is 25.5 Å². The Bertz CT molecular complexity index is 322. The lowest BCUT2D eigenvalue weighted by Gasteiger charge is -2.50. The van der Waals surface area contributed by atoms with Crippen molar-refractivity contribution in [2.24, 2.45) is 11.1 Å². The van der Waals surface area contributed by atoms with Crippen molar-refractivity contribution in [3.05, 3.63) is 35.9 Å². The fourth-order valence-corrected chi connectivity index (χ4v) is 3.05. The number of rotatable bonds is 4. The second-order valence-electron chi connectivity index (χ2n) is 5.20. The Labute approximate surface area is 98.4 Å². The van der Waals surface area contributed by atoms with E-state index in [1.807, 2.05) is 0 Å². The van der Waals surface area contributed by atoms with Gasteiger partial charge < -0.3 is 10.6 Å². The molecule has 0 saturated heterocycles. The molecule has 1 saturated carbocycles. The van der Waals surface area contributed by atoms with E-state index in [4.69, 9.17) is 5.73 Å². The van der Waals surface area contributed by atoms with Gasteiger partial charge in [-0.25, -0.2) is 0 Å². The van der Waals surface area contributed by atoms with Crippen LogP contribution >= 0.6 is 0 Å². The van der Waals surface area contributed by atoms with Gasteiger partial charge in [0.2, 0.25) is 0 Å². The molecule has 2 nitrogen and oxygen atoms in total. The monoisotopic (exact) mass is 218 g/mol. The van der Waals surface area contributed by atoms with Gasteiger partial charge in [-0.05, 0) is 39.0 Å². The van der Waals surface area contributed by atoms with Crippen LogP contribution in [0.4, 0.5) is 0 Å². The van der Waals surface area contributed by atoms with Crippen LogP contribution in [0.15, 0.2) is 30.3 Å². The van der Waals surface area contributed by atoms with E-state index in [9.17, 15) is 0 Å². The predicted octanol–water partition coefficient (Wildman–Crippen LogP) is 2.42. The molecule has 1 fully saturated rings. The van der Waals surface area contributed by atoms with E-state index in [1.165, 1.54) is 24.8 Å². The van der Waals surface area contributed by atoms with Crippen LogP contribution in [0, 0.1) is 5.41 Å². The standard InChI is InChI=1S/C14H22N2/c1-16(2)13(12-7-4-3-5-8-12)14(11-15)9-6-10-14/h3-5,7-8,13H,6,9-11,15H2,1-2H3. The average Bonchev–Trinajstić information content (AvgIpc) is 2.24. The minimum Gasteiger partial charge on any atom is -0.330 e. The zero-order chi connectivity index (χ0) is 11.6. The summed E-state index contributed by atoms with van der Waals surface area (Å²) in [6, 6.07) is 11.2. The number of benzene rings is 1. The summed E-state index contributed by atoms with van der Waals surface area (Å²) in [6.45, 7) is 0.796. The van der Waals surface area contributed by atoms with E-state index in [-0.39, 0.29) is 0 Å². The lowest BCUT2D eigenvalue weighted by molar-refractivity contribution is 0.0282. The molecular formula is C14H22N2. The first-order valence-corrected chi connectivity index (χ1v) is 6.11. The molecule has 1 aromatic carbocycles. The molecule has 2 N–H and O–H groups in total. The highest BCUT2D eigenvalue weighted by molar-refractivity contribution is 5.23. The van der Waals surface area contributed by atoms with Gasteiger partial charge in [-0.1, -0.05) is 36.8 Å². The maximum absolute atomic E-state index is 6.02. The summed E-state index contributed by atoms with van der Waals surface area (Å²) in [5.41, 5.74) is 7.73. The van der Waals surface area contributed by atoms with Gasteiger partial charge in [0, 0.05) is 11.5 Å². The zero-order valence-corrected chi connectivity index (χ0v) is 10.3. The quantitative estimate of drug-likeness (QED) is 0.841. The third-order valence-corrected chi connectivity index (χ3v) is 3.97. The summed E-state index contributed by atoms with van der Waals surface area (Å²) in [4.78, 5) is 2.32. The van der Waals surface area contributed by atoms with Crippen LogP contribution < -0.4 is 5.73 Å². The summed E-state index contributed by atoms with van der Waals surface area (Å²) in [5, 5.41) is 0. The Morgan fingerprint density at radius 1 is 1.25 bits per heavy atom. The Morgan fingerprint density at radius 2 is 1.88 bits per heavy atom. The molecular weight excluding hydrogens is 196 g/mol. The Hall–Kier alpha value is -0.860. The molecule has 0 aromatic heterocycles. The summed E-state index contributed by atoms with van der Waals surface area (Å²) in [5.74, 6) is 0. The first kappa shape index (κ1) is 11.6. The maximum atomic E-state index is 6.02. The lowest BCUT2D eigenvalue weighted by Crippen LogP contribution is -2.47. The Kier molecular flexibility index (Phi) is 3.31. The van der Waals surface area contributed by atoms with Gasteiger partial charge in [0.25, 0.3) is 0 Å². The molecule has 1 aromatic rings. The Balaban J connectivity index is 2.31. The average molecular weight is 218 g/mol. The lowest BCUT2D eigenvalue weighted by atomic mass is 9.62. The first-order valence-electron chi connectivity index (χ1n) is 6.11. The molecule has 2 rings (SSSR count). The van der Waals surface area contributed by atoms with Crippen LogP contribution in [0.1, 0.15) is 30.9 Å². The fraction of sp³-hybridized carbons (Fsp3) is 0.571. The highest BCUT2D eigenvalue weighted by Gasteiger charge is 2.44. The third-order valence-electron chi connectivity index (χ3n) is 3.97. The van der Waals surface area contributed by atoms with Crippen LogP contribution in [-0.2, 0) is 0 Å². The normalized spacial score (nSPS) is 20.5. The molecule has 0 spiro atoms. The van der Waals surface area contributed by atoms with Crippen LogP contribution in [0.25, 0.3) is 0 Å². The highest BCUT2D eigenvalue weighted by atomic mass is 15.1. The largest absolute Gasteiger partial charge is 0.330 e. The second-order valence-corrected chi connectivity index (χ2v) is 5.20. The van der Waals surface area contributed by atoms with Gasteiger partial charge in [-0.3, -0.25) is 0 Å². The molecule has 0 amide bonds. The number of hydrogen-bond acceptors (Lipinski definition) is 2. The molecule has 1 unspecified atom stereocenters. The van der Waals surface area contributed by atoms with Crippen molar-refractivity contribution in [1.82, 2.24) is 4.90 Å². The third kappa shape index (κ3) is 1.87. The topological polar surface area (TPSA) is 29.3 Å². The molecule has 1 atom stereocenters. The SMILES string of the molecule is CN(C)C(c1ccccc1)C1(CN)CCC1. The van der Waals surface area contributed by atoms with E-state index in [0.717, 1.165) is 6.54 Å². The highest BCUT2D eigenvalue weighted by Crippen LogP contribution is 2.51. The van der Waals surface area contributed by atoms with Crippen molar-refractivity contribution in [2.45, 2.75) is 25.3 Å². The molecule has 1 aliphatic carbocycles. The summed E-state index contributed by atoms with van der Waals surface area (Å²) < 4.78 is 0. The van der Waals surface area contributed by atoms with Gasteiger partial charge in [0.15, 0.2) is 0 Å². The molecule has 88 valence electrons. The van der Waals surface area contributed by atoms with Crippen molar-refractivity contribution < 1.29 is 0 Å². The molecule has 1 aliphatic rings. The minimum absolute atomic E-state index is 0.310. The van der Waals surface area contributed by atoms with Crippen molar-refractivity contribution >= 4 is 0 Å². The first-order chi connectivity index (χ1) is 7.69. The zero-order valence-electron chi connectivity index (χ0n) is 10.3. The van der Waals surface area contributed by atoms with E-state index >= 15 is 0 Å². The van der Waals surface area contributed by atoms with Crippen molar-refractivity contribution in [1.29, 1.82) is 0 Å². The maximum Gasteiger partial charge on any atom is 0.0410 e. The van der Waals surface area contributed by atoms with Crippen LogP contribution in [0.2, 0.25) is 0 Å². The van der Waals surface area contributed by atoms with E-state index in [0.29, 0.717) is 11.5 Å². The van der Waals surface area contributed by atoms with Crippen molar-refractivity contribution in [2.75, 3.05) is 20.6 Å². The van der Waals surface area contributed by atoms with Crippen LogP contribution in [0.3, 0.4) is 0 Å². The van der Waals surface area contributed by atoms with Crippen molar-refractivity contribution in [3.8, 4) is 0 Å². The summed E-state index contributed by atoms with van der Waals surface area (Å²) in [6.07, 6.45) is 3.86. The number of nitrogens with zero attached hydrogens (tertiary/aromatic N) is 1. The van der Waals surface area contributed by atoms with Gasteiger partial charge in [-0.15, -0.1) is 0 Å². The van der Waals surface area contributed by atoms with Crippen LogP contribution in [0.5, 0.6) is 0 Å². The predicted molar refractivity (Wildman–Crippen MR) is 68.2 cm³/mol. The molecule has 0 heterocycles. The smallest absolute Gasteiger partial charge is 0.0410 e. The minimum atomic E-state index is 0.310. The summed E-state index contributed by atoms with van der Waals surface area (Å²) in [7, 11) is 4.32. The van der Waals surface area contributed by atoms with Gasteiger partial charge in [0.1, 0.15) is 0 Å². The molecule has 2 heteroatoms. The number of hydrogen-bond donors (Lipinski definition) is 1. The van der Waals surface area contributed by atoms with Gasteiger partial charge >= 0.3 is 0 Å². The van der Waals surface area contributed by atoms with E-state index in [2.05, 4.69) is 49.3 Å². The molecule has 0 radical (unpaired) electrons. The van der Waals surface area contributed by atoms with Gasteiger partial charge in [0.05, 0.1) is 0 Å². The molecule has 0 bridgehead atoms. The second kappa shape index (κ2) is 4.56. The molecule has 0 aliphatic heterocycles. The Morgan fingerprint density at radius 3 is 2.25 bits per heavy atom.